The molecule has 0 bridgehead atoms. The molecule has 1 aliphatic rings. The normalized spacial score (nSPS) is 13.8. The number of carbonyl (C=O) groups is 3. The van der Waals surface area contributed by atoms with Gasteiger partial charge in [0.1, 0.15) is 12.3 Å². The SMILES string of the molecule is Nc1cccc(CN2C(=O)CN(NC(=O)c3ccc(-c4ccccc4)o3)C2=O)c1. The average molecular weight is 390 g/mol. The second kappa shape index (κ2) is 7.51. The molecule has 0 saturated carbocycles. The molecule has 0 aliphatic carbocycles. The Labute approximate surface area is 166 Å². The Bertz CT molecular complexity index is 1080. The van der Waals surface area contributed by atoms with Crippen LogP contribution in [0.25, 0.3) is 11.3 Å². The summed E-state index contributed by atoms with van der Waals surface area (Å²) >= 11 is 0. The third kappa shape index (κ3) is 3.81. The molecule has 1 aliphatic heterocycles. The molecule has 3 N–H and O–H groups in total. The summed E-state index contributed by atoms with van der Waals surface area (Å²) < 4.78 is 5.58. The molecule has 8 nitrogen and oxygen atoms in total. The minimum Gasteiger partial charge on any atom is -0.451 e. The van der Waals surface area contributed by atoms with E-state index in [0.717, 1.165) is 21.0 Å². The molecule has 2 heterocycles. The Morgan fingerprint density at radius 1 is 1.03 bits per heavy atom. The number of furan rings is 1. The maximum absolute atomic E-state index is 12.6. The van der Waals surface area contributed by atoms with Crippen molar-refractivity contribution in [2.75, 3.05) is 12.3 Å². The monoisotopic (exact) mass is 390 g/mol. The number of benzene rings is 2. The van der Waals surface area contributed by atoms with Gasteiger partial charge in [-0.2, -0.15) is 0 Å². The van der Waals surface area contributed by atoms with Crippen LogP contribution in [0.3, 0.4) is 0 Å². The molecule has 3 aromatic rings. The van der Waals surface area contributed by atoms with Gasteiger partial charge >= 0.3 is 11.9 Å². The van der Waals surface area contributed by atoms with Crippen LogP contribution in [0, 0.1) is 0 Å². The van der Waals surface area contributed by atoms with Crippen LogP contribution in [-0.2, 0) is 11.3 Å². The topological polar surface area (TPSA) is 109 Å². The number of anilines is 1. The highest BCUT2D eigenvalue weighted by atomic mass is 16.4. The van der Waals surface area contributed by atoms with E-state index in [1.165, 1.54) is 6.07 Å². The average Bonchev–Trinajstić information content (AvgIpc) is 3.30. The van der Waals surface area contributed by atoms with E-state index in [4.69, 9.17) is 10.2 Å². The van der Waals surface area contributed by atoms with Gasteiger partial charge < -0.3 is 10.2 Å². The van der Waals surface area contributed by atoms with Crippen LogP contribution in [0.4, 0.5) is 10.5 Å². The molecule has 1 aromatic heterocycles. The zero-order valence-electron chi connectivity index (χ0n) is 15.4. The van der Waals surface area contributed by atoms with Crippen molar-refractivity contribution in [2.45, 2.75) is 6.54 Å². The van der Waals surface area contributed by atoms with Crippen molar-refractivity contribution >= 4 is 23.5 Å². The standard InChI is InChI=1S/C21H18N4O4/c22-16-8-4-5-14(11-16)12-24-19(26)13-25(21(24)28)23-20(27)18-10-9-17(29-18)15-6-2-1-3-7-15/h1-11H,12-13,22H2,(H,23,27). The number of imide groups is 1. The van der Waals surface area contributed by atoms with Crippen molar-refractivity contribution in [1.29, 1.82) is 0 Å². The number of nitrogens with zero attached hydrogens (tertiary/aromatic N) is 2. The number of rotatable bonds is 5. The summed E-state index contributed by atoms with van der Waals surface area (Å²) in [4.78, 5) is 38.3. The Hall–Kier alpha value is -4.07. The predicted octanol–water partition coefficient (Wildman–Crippen LogP) is 2.64. The summed E-state index contributed by atoms with van der Waals surface area (Å²) in [6.45, 7) is -0.173. The van der Waals surface area contributed by atoms with Gasteiger partial charge in [-0.3, -0.25) is 19.9 Å². The zero-order chi connectivity index (χ0) is 20.4. The van der Waals surface area contributed by atoms with Crippen molar-refractivity contribution in [3.05, 3.63) is 78.1 Å². The molecule has 29 heavy (non-hydrogen) atoms. The summed E-state index contributed by atoms with van der Waals surface area (Å²) in [6, 6.07) is 18.8. The zero-order valence-corrected chi connectivity index (χ0v) is 15.4. The summed E-state index contributed by atoms with van der Waals surface area (Å²) in [6.07, 6.45) is 0. The van der Waals surface area contributed by atoms with Gasteiger partial charge in [-0.1, -0.05) is 42.5 Å². The summed E-state index contributed by atoms with van der Waals surface area (Å²) in [5, 5.41) is 0.974. The number of amides is 4. The van der Waals surface area contributed by atoms with Crippen LogP contribution in [0.2, 0.25) is 0 Å². The van der Waals surface area contributed by atoms with Gasteiger partial charge in [0.25, 0.3) is 5.91 Å². The number of hydrogen-bond acceptors (Lipinski definition) is 5. The van der Waals surface area contributed by atoms with Gasteiger partial charge in [0, 0.05) is 11.3 Å². The fourth-order valence-electron chi connectivity index (χ4n) is 3.05. The molecule has 8 heteroatoms. The lowest BCUT2D eigenvalue weighted by Gasteiger charge is -2.17. The summed E-state index contributed by atoms with van der Waals surface area (Å²) in [5.74, 6) is -0.456. The van der Waals surface area contributed by atoms with Gasteiger partial charge in [-0.15, -0.1) is 0 Å². The second-order valence-corrected chi connectivity index (χ2v) is 6.56. The van der Waals surface area contributed by atoms with E-state index in [1.807, 2.05) is 30.3 Å². The van der Waals surface area contributed by atoms with Crippen molar-refractivity contribution < 1.29 is 18.8 Å². The van der Waals surface area contributed by atoms with Gasteiger partial charge in [0.05, 0.1) is 6.54 Å². The van der Waals surface area contributed by atoms with E-state index >= 15 is 0 Å². The highest BCUT2D eigenvalue weighted by Gasteiger charge is 2.37. The molecule has 0 radical (unpaired) electrons. The smallest absolute Gasteiger partial charge is 0.346 e. The first-order valence-corrected chi connectivity index (χ1v) is 8.94. The predicted molar refractivity (Wildman–Crippen MR) is 105 cm³/mol. The number of nitrogens with two attached hydrogens (primary N) is 1. The first-order chi connectivity index (χ1) is 14.0. The first-order valence-electron chi connectivity index (χ1n) is 8.94. The third-order valence-corrected chi connectivity index (χ3v) is 4.47. The highest BCUT2D eigenvalue weighted by molar-refractivity contribution is 6.03. The molecule has 1 fully saturated rings. The molecular formula is C21H18N4O4. The van der Waals surface area contributed by atoms with Crippen LogP contribution in [0.5, 0.6) is 0 Å². The number of hydrazine groups is 1. The summed E-state index contributed by atoms with van der Waals surface area (Å²) in [5.41, 5.74) is 10.3. The molecule has 0 spiro atoms. The number of nitrogen functional groups attached to an aromatic ring is 1. The molecular weight excluding hydrogens is 372 g/mol. The molecule has 2 aromatic carbocycles. The number of carbonyl (C=O) groups excluding carboxylic acids is 3. The molecule has 146 valence electrons. The van der Waals surface area contributed by atoms with Crippen LogP contribution in [0.15, 0.2) is 71.1 Å². The first kappa shape index (κ1) is 18.3. The lowest BCUT2D eigenvalue weighted by molar-refractivity contribution is -0.125. The van der Waals surface area contributed by atoms with Crippen molar-refractivity contribution in [1.82, 2.24) is 15.3 Å². The maximum atomic E-state index is 12.6. The Morgan fingerprint density at radius 3 is 2.59 bits per heavy atom. The van der Waals surface area contributed by atoms with Crippen molar-refractivity contribution in [3.8, 4) is 11.3 Å². The van der Waals surface area contributed by atoms with E-state index in [0.29, 0.717) is 11.4 Å². The van der Waals surface area contributed by atoms with E-state index in [2.05, 4.69) is 5.43 Å². The van der Waals surface area contributed by atoms with Gasteiger partial charge in [0.15, 0.2) is 5.76 Å². The highest BCUT2D eigenvalue weighted by Crippen LogP contribution is 2.22. The quantitative estimate of drug-likeness (QED) is 0.514. The lowest BCUT2D eigenvalue weighted by atomic mass is 10.2. The summed E-state index contributed by atoms with van der Waals surface area (Å²) in [7, 11) is 0. The van der Waals surface area contributed by atoms with E-state index in [-0.39, 0.29) is 18.8 Å². The van der Waals surface area contributed by atoms with Crippen LogP contribution >= 0.6 is 0 Å². The Kier molecular flexibility index (Phi) is 4.74. The van der Waals surface area contributed by atoms with Crippen LogP contribution in [0.1, 0.15) is 16.1 Å². The number of nitrogens with one attached hydrogen (secondary N) is 1. The maximum Gasteiger partial charge on any atom is 0.346 e. The lowest BCUT2D eigenvalue weighted by Crippen LogP contribution is -2.44. The Balaban J connectivity index is 1.43. The van der Waals surface area contributed by atoms with Gasteiger partial charge in [-0.05, 0) is 29.8 Å². The number of urea groups is 1. The van der Waals surface area contributed by atoms with Crippen molar-refractivity contribution in [3.63, 3.8) is 0 Å². The van der Waals surface area contributed by atoms with E-state index in [9.17, 15) is 14.4 Å². The largest absolute Gasteiger partial charge is 0.451 e. The minimum absolute atomic E-state index is 0.0402. The van der Waals surface area contributed by atoms with Crippen LogP contribution < -0.4 is 11.2 Å². The van der Waals surface area contributed by atoms with Gasteiger partial charge in [0.2, 0.25) is 0 Å². The number of hydrogen-bond donors (Lipinski definition) is 2. The Morgan fingerprint density at radius 2 is 1.83 bits per heavy atom. The van der Waals surface area contributed by atoms with Crippen LogP contribution in [-0.4, -0.2) is 34.3 Å². The van der Waals surface area contributed by atoms with Crippen molar-refractivity contribution in [2.24, 2.45) is 0 Å². The third-order valence-electron chi connectivity index (χ3n) is 4.47. The molecule has 4 rings (SSSR count). The fraction of sp³-hybridized carbons (Fsp3) is 0.0952. The molecule has 1 saturated heterocycles. The molecule has 0 unspecified atom stereocenters. The fourth-order valence-corrected chi connectivity index (χ4v) is 3.05. The van der Waals surface area contributed by atoms with E-state index in [1.54, 1.807) is 30.3 Å². The van der Waals surface area contributed by atoms with Gasteiger partial charge in [-0.25, -0.2) is 9.80 Å². The molecule has 4 amide bonds. The molecule has 0 atom stereocenters. The van der Waals surface area contributed by atoms with E-state index < -0.39 is 17.8 Å². The second-order valence-electron chi connectivity index (χ2n) is 6.56. The minimum atomic E-state index is -0.612.